The molecule has 0 spiro atoms. The van der Waals surface area contributed by atoms with Crippen LogP contribution in [0.15, 0.2) is 78.3 Å². The molecule has 2 fully saturated rings. The van der Waals surface area contributed by atoms with E-state index in [-0.39, 0.29) is 23.4 Å². The largest absolute Gasteiger partial charge is 0.405 e. The fraction of sp³-hybridized carbons (Fsp3) is 0.433. The summed E-state index contributed by atoms with van der Waals surface area (Å²) in [6.07, 6.45) is 4.00. The van der Waals surface area contributed by atoms with Crippen LogP contribution < -0.4 is 10.4 Å². The SMILES string of the molecule is CSc1ncnc2c(C3O[C@H](CO[Si](c4ccccc4)(c4ccccc4)C(C)(C)C)[C@H]4OC(C)(C)O[C@@H]34)cnn12. The number of aromatic nitrogens is 4. The van der Waals surface area contributed by atoms with Crippen LogP contribution in [-0.2, 0) is 18.6 Å². The number of thioether (sulfide) groups is 1. The Labute approximate surface area is 240 Å². The molecule has 0 radical (unpaired) electrons. The summed E-state index contributed by atoms with van der Waals surface area (Å²) in [5.41, 5.74) is 1.58. The van der Waals surface area contributed by atoms with Gasteiger partial charge in [0.2, 0.25) is 0 Å². The topological polar surface area (TPSA) is 80.0 Å². The average Bonchev–Trinajstić information content (AvgIpc) is 3.60. The number of rotatable bonds is 7. The lowest BCUT2D eigenvalue weighted by Gasteiger charge is -2.43. The first kappa shape index (κ1) is 27.6. The lowest BCUT2D eigenvalue weighted by Crippen LogP contribution is -2.67. The first-order chi connectivity index (χ1) is 19.1. The van der Waals surface area contributed by atoms with Crippen LogP contribution in [0.25, 0.3) is 5.65 Å². The highest BCUT2D eigenvalue weighted by atomic mass is 32.2. The Kier molecular flexibility index (Phi) is 7.13. The highest BCUT2D eigenvalue weighted by Crippen LogP contribution is 2.47. The molecule has 0 saturated carbocycles. The van der Waals surface area contributed by atoms with Crippen LogP contribution in [0.5, 0.6) is 0 Å². The third kappa shape index (κ3) is 4.60. The van der Waals surface area contributed by atoms with E-state index in [0.29, 0.717) is 12.3 Å². The van der Waals surface area contributed by atoms with E-state index < -0.39 is 20.2 Å². The van der Waals surface area contributed by atoms with Gasteiger partial charge in [0.05, 0.1) is 12.8 Å². The molecule has 0 aliphatic carbocycles. The Morgan fingerprint density at radius 1 is 0.950 bits per heavy atom. The molecule has 0 N–H and O–H groups in total. The van der Waals surface area contributed by atoms with E-state index in [1.165, 1.54) is 22.1 Å². The van der Waals surface area contributed by atoms with E-state index in [1.54, 1.807) is 10.8 Å². The molecule has 40 heavy (non-hydrogen) atoms. The maximum atomic E-state index is 7.24. The summed E-state index contributed by atoms with van der Waals surface area (Å²) in [5, 5.41) is 7.65. The van der Waals surface area contributed by atoms with Crippen molar-refractivity contribution >= 4 is 36.1 Å². The summed E-state index contributed by atoms with van der Waals surface area (Å²) in [6, 6.07) is 21.3. The monoisotopic (exact) mass is 576 g/mol. The van der Waals surface area contributed by atoms with Gasteiger partial charge >= 0.3 is 0 Å². The number of nitrogens with zero attached hydrogens (tertiary/aromatic N) is 4. The van der Waals surface area contributed by atoms with Crippen LogP contribution in [0.1, 0.15) is 46.3 Å². The van der Waals surface area contributed by atoms with Gasteiger partial charge in [-0.15, -0.1) is 0 Å². The molecular weight excluding hydrogens is 541 g/mol. The molecule has 10 heteroatoms. The van der Waals surface area contributed by atoms with Crippen LogP contribution in [-0.4, -0.2) is 64.9 Å². The minimum atomic E-state index is -2.76. The molecule has 2 saturated heterocycles. The quantitative estimate of drug-likeness (QED) is 0.237. The van der Waals surface area contributed by atoms with Crippen molar-refractivity contribution in [2.24, 2.45) is 0 Å². The van der Waals surface area contributed by atoms with E-state index in [2.05, 4.69) is 96.5 Å². The zero-order valence-electron chi connectivity index (χ0n) is 23.8. The van der Waals surface area contributed by atoms with Gasteiger partial charge < -0.3 is 18.6 Å². The van der Waals surface area contributed by atoms with E-state index >= 15 is 0 Å². The maximum Gasteiger partial charge on any atom is 0.261 e. The highest BCUT2D eigenvalue weighted by Gasteiger charge is 2.58. The Morgan fingerprint density at radius 2 is 1.57 bits per heavy atom. The van der Waals surface area contributed by atoms with Crippen LogP contribution in [0.3, 0.4) is 0 Å². The zero-order chi connectivity index (χ0) is 28.1. The number of benzene rings is 2. The van der Waals surface area contributed by atoms with Crippen molar-refractivity contribution in [3.63, 3.8) is 0 Å². The van der Waals surface area contributed by atoms with E-state index in [4.69, 9.17) is 18.6 Å². The zero-order valence-corrected chi connectivity index (χ0v) is 25.6. The summed E-state index contributed by atoms with van der Waals surface area (Å²) >= 11 is 1.52. The minimum Gasteiger partial charge on any atom is -0.405 e. The summed E-state index contributed by atoms with van der Waals surface area (Å²) in [7, 11) is -2.76. The molecule has 4 atom stereocenters. The fourth-order valence-corrected chi connectivity index (χ4v) is 11.2. The van der Waals surface area contributed by atoms with Crippen molar-refractivity contribution in [2.75, 3.05) is 12.9 Å². The van der Waals surface area contributed by atoms with Crippen molar-refractivity contribution in [3.05, 3.63) is 78.8 Å². The van der Waals surface area contributed by atoms with Gasteiger partial charge in [-0.2, -0.15) is 9.61 Å². The third-order valence-corrected chi connectivity index (χ3v) is 13.5. The molecule has 6 rings (SSSR count). The van der Waals surface area contributed by atoms with E-state index in [9.17, 15) is 0 Å². The second-order valence-electron chi connectivity index (χ2n) is 11.8. The van der Waals surface area contributed by atoms with E-state index in [0.717, 1.165) is 10.7 Å². The first-order valence-electron chi connectivity index (χ1n) is 13.6. The van der Waals surface area contributed by atoms with Gasteiger partial charge in [-0.25, -0.2) is 9.97 Å². The smallest absolute Gasteiger partial charge is 0.261 e. The second kappa shape index (κ2) is 10.3. The molecule has 4 aromatic rings. The molecule has 210 valence electrons. The Bertz CT molecular complexity index is 1440. The van der Waals surface area contributed by atoms with Crippen LogP contribution in [0, 0.1) is 0 Å². The van der Waals surface area contributed by atoms with Crippen molar-refractivity contribution in [2.45, 2.75) is 75.0 Å². The molecule has 8 nitrogen and oxygen atoms in total. The van der Waals surface area contributed by atoms with Crippen LogP contribution in [0.4, 0.5) is 0 Å². The third-order valence-electron chi connectivity index (χ3n) is 7.82. The maximum absolute atomic E-state index is 7.24. The first-order valence-corrected chi connectivity index (χ1v) is 16.8. The lowest BCUT2D eigenvalue weighted by molar-refractivity contribution is -0.190. The molecule has 2 aliphatic rings. The molecular formula is C30H36N4O4SSi. The molecule has 1 unspecified atom stereocenters. The molecule has 0 amide bonds. The standard InChI is InChI=1S/C30H36N4O4SSi/c1-29(2,3)40(20-13-9-7-10-14-20,21-15-11-8-12-16-21)35-18-23-25-26(38-30(4,5)37-25)24(36-23)22-17-33-34-27(22)31-19-32-28(34)39-6/h7-17,19,23-26H,18H2,1-6H3/t23-,24?,25-,26+/m1/s1. The molecule has 2 aromatic carbocycles. The number of hydrogen-bond acceptors (Lipinski definition) is 8. The van der Waals surface area contributed by atoms with Crippen molar-refractivity contribution in [3.8, 4) is 0 Å². The van der Waals surface area contributed by atoms with Gasteiger partial charge in [0.15, 0.2) is 16.6 Å². The molecule has 0 bridgehead atoms. The van der Waals surface area contributed by atoms with Gasteiger partial charge in [-0.1, -0.05) is 93.2 Å². The summed E-state index contributed by atoms with van der Waals surface area (Å²) < 4.78 is 28.6. The summed E-state index contributed by atoms with van der Waals surface area (Å²) in [6.45, 7) is 11.1. The van der Waals surface area contributed by atoms with Gasteiger partial charge in [0.25, 0.3) is 8.32 Å². The van der Waals surface area contributed by atoms with Crippen LogP contribution >= 0.6 is 11.8 Å². The van der Waals surface area contributed by atoms with E-state index in [1.807, 2.05) is 26.3 Å². The lowest BCUT2D eigenvalue weighted by atomic mass is 10.0. The van der Waals surface area contributed by atoms with Crippen molar-refractivity contribution in [1.82, 2.24) is 19.6 Å². The van der Waals surface area contributed by atoms with Gasteiger partial charge in [-0.05, 0) is 35.5 Å². The predicted octanol–water partition coefficient (Wildman–Crippen LogP) is 4.38. The van der Waals surface area contributed by atoms with Crippen molar-refractivity contribution < 1.29 is 18.6 Å². The van der Waals surface area contributed by atoms with Gasteiger partial charge in [0, 0.05) is 5.56 Å². The average molecular weight is 577 g/mol. The summed E-state index contributed by atoms with van der Waals surface area (Å²) in [4.78, 5) is 8.89. The fourth-order valence-electron chi connectivity index (χ4n) is 6.19. The number of fused-ring (bicyclic) bond motifs is 2. The molecule has 4 heterocycles. The Balaban J connectivity index is 1.37. The number of hydrogen-bond donors (Lipinski definition) is 0. The van der Waals surface area contributed by atoms with Crippen LogP contribution in [0.2, 0.25) is 5.04 Å². The molecule has 2 aliphatic heterocycles. The number of ether oxygens (including phenoxy) is 3. The second-order valence-corrected chi connectivity index (χ2v) is 16.9. The summed E-state index contributed by atoms with van der Waals surface area (Å²) in [5.74, 6) is -0.741. The Hall–Kier alpha value is -2.60. The highest BCUT2D eigenvalue weighted by molar-refractivity contribution is 7.98. The molecule has 2 aromatic heterocycles. The van der Waals surface area contributed by atoms with Gasteiger partial charge in [-0.3, -0.25) is 0 Å². The van der Waals surface area contributed by atoms with Gasteiger partial charge in [0.1, 0.15) is 30.7 Å². The predicted molar refractivity (Wildman–Crippen MR) is 158 cm³/mol. The minimum absolute atomic E-state index is 0.146. The normalized spacial score (nSPS) is 24.4. The Morgan fingerprint density at radius 3 is 2.17 bits per heavy atom. The van der Waals surface area contributed by atoms with Crippen molar-refractivity contribution in [1.29, 1.82) is 0 Å².